The van der Waals surface area contributed by atoms with Gasteiger partial charge in [-0.25, -0.2) is 4.68 Å². The first kappa shape index (κ1) is 12.8. The molecule has 20 heavy (non-hydrogen) atoms. The highest BCUT2D eigenvalue weighted by Crippen LogP contribution is 2.21. The lowest BCUT2D eigenvalue weighted by atomic mass is 10.1. The van der Waals surface area contributed by atoms with Gasteiger partial charge in [0.05, 0.1) is 11.6 Å². The van der Waals surface area contributed by atoms with E-state index in [4.69, 9.17) is 4.74 Å². The van der Waals surface area contributed by atoms with Gasteiger partial charge in [-0.15, -0.1) is 5.10 Å². The average Bonchev–Trinajstić information content (AvgIpc) is 2.92. The summed E-state index contributed by atoms with van der Waals surface area (Å²) in [5.74, 6) is 0. The summed E-state index contributed by atoms with van der Waals surface area (Å²) in [6.07, 6.45) is 0.951. The lowest BCUT2D eigenvalue weighted by molar-refractivity contribution is 0.0908. The van der Waals surface area contributed by atoms with Gasteiger partial charge in [0.1, 0.15) is 5.52 Å². The maximum Gasteiger partial charge on any atom is 0.113 e. The number of hydrogen-bond acceptors (Lipinski definition) is 3. The van der Waals surface area contributed by atoms with E-state index in [0.717, 1.165) is 24.0 Å². The number of ether oxygens (including phenoxy) is 1. The maximum atomic E-state index is 5.59. The highest BCUT2D eigenvalue weighted by molar-refractivity contribution is 5.73. The minimum Gasteiger partial charge on any atom is -0.377 e. The predicted octanol–water partition coefficient (Wildman–Crippen LogP) is 3.21. The number of hydrogen-bond donors (Lipinski definition) is 0. The summed E-state index contributed by atoms with van der Waals surface area (Å²) in [6, 6.07) is 18.3. The maximum absolute atomic E-state index is 5.59. The molecule has 4 heteroatoms. The Balaban J connectivity index is 1.75. The van der Waals surface area contributed by atoms with Crippen LogP contribution in [-0.2, 0) is 11.3 Å². The molecule has 1 unspecified atom stereocenters. The number of rotatable bonds is 5. The largest absolute Gasteiger partial charge is 0.377 e. The zero-order chi connectivity index (χ0) is 13.8. The minimum absolute atomic E-state index is 0.0826. The van der Waals surface area contributed by atoms with Crippen molar-refractivity contribution in [1.29, 1.82) is 0 Å². The zero-order valence-corrected chi connectivity index (χ0v) is 11.4. The molecule has 0 aliphatic rings. The number of aromatic nitrogens is 3. The second-order valence-electron chi connectivity index (χ2n) is 4.73. The molecule has 4 nitrogen and oxygen atoms in total. The monoisotopic (exact) mass is 267 g/mol. The van der Waals surface area contributed by atoms with Crippen molar-refractivity contribution < 1.29 is 4.74 Å². The zero-order valence-electron chi connectivity index (χ0n) is 11.4. The Kier molecular flexibility index (Phi) is 3.74. The number of para-hydroxylation sites is 1. The van der Waals surface area contributed by atoms with Crippen molar-refractivity contribution >= 4 is 11.0 Å². The Morgan fingerprint density at radius 3 is 2.60 bits per heavy atom. The molecule has 1 aromatic heterocycles. The van der Waals surface area contributed by atoms with Gasteiger partial charge in [-0.1, -0.05) is 47.7 Å². The van der Waals surface area contributed by atoms with E-state index in [-0.39, 0.29) is 6.10 Å². The summed E-state index contributed by atoms with van der Waals surface area (Å²) < 4.78 is 7.52. The molecule has 2 aromatic carbocycles. The van der Waals surface area contributed by atoms with E-state index >= 15 is 0 Å². The fraction of sp³-hybridized carbons (Fsp3) is 0.250. The molecular formula is C16H17N3O. The predicted molar refractivity (Wildman–Crippen MR) is 78.3 cm³/mol. The summed E-state index contributed by atoms with van der Waals surface area (Å²) in [7, 11) is 1.75. The van der Waals surface area contributed by atoms with Gasteiger partial charge in [0.2, 0.25) is 0 Å². The van der Waals surface area contributed by atoms with Crippen molar-refractivity contribution in [2.45, 2.75) is 19.1 Å². The van der Waals surface area contributed by atoms with Crippen molar-refractivity contribution in [2.75, 3.05) is 7.11 Å². The Labute approximate surface area is 118 Å². The van der Waals surface area contributed by atoms with Crippen LogP contribution in [0.2, 0.25) is 0 Å². The molecule has 1 atom stereocenters. The van der Waals surface area contributed by atoms with Crippen LogP contribution >= 0.6 is 0 Å². The van der Waals surface area contributed by atoms with Crippen LogP contribution in [0.3, 0.4) is 0 Å². The summed E-state index contributed by atoms with van der Waals surface area (Å²) in [5.41, 5.74) is 3.19. The molecule has 0 spiro atoms. The highest BCUT2D eigenvalue weighted by atomic mass is 16.5. The Hall–Kier alpha value is -2.20. The molecule has 0 saturated heterocycles. The summed E-state index contributed by atoms with van der Waals surface area (Å²) in [4.78, 5) is 0. The third kappa shape index (κ3) is 2.56. The number of methoxy groups -OCH3 is 1. The first-order chi connectivity index (χ1) is 9.88. The second kappa shape index (κ2) is 5.84. The fourth-order valence-electron chi connectivity index (χ4n) is 2.41. The Bertz CT molecular complexity index is 678. The van der Waals surface area contributed by atoms with E-state index < -0.39 is 0 Å². The average molecular weight is 267 g/mol. The molecule has 0 aliphatic carbocycles. The van der Waals surface area contributed by atoms with Crippen LogP contribution in [0.25, 0.3) is 11.0 Å². The van der Waals surface area contributed by atoms with Gasteiger partial charge in [-0.05, 0) is 24.1 Å². The van der Waals surface area contributed by atoms with Crippen LogP contribution in [0.5, 0.6) is 0 Å². The van der Waals surface area contributed by atoms with Gasteiger partial charge in [0, 0.05) is 13.7 Å². The van der Waals surface area contributed by atoms with Gasteiger partial charge in [0.25, 0.3) is 0 Å². The first-order valence-electron chi connectivity index (χ1n) is 6.74. The summed E-state index contributed by atoms with van der Waals surface area (Å²) in [6.45, 7) is 0.786. The second-order valence-corrected chi connectivity index (χ2v) is 4.73. The van der Waals surface area contributed by atoms with Gasteiger partial charge in [0.15, 0.2) is 0 Å². The lowest BCUT2D eigenvalue weighted by Crippen LogP contribution is -2.08. The quantitative estimate of drug-likeness (QED) is 0.712. The van der Waals surface area contributed by atoms with Crippen LogP contribution in [0, 0.1) is 0 Å². The van der Waals surface area contributed by atoms with Crippen LogP contribution in [0.1, 0.15) is 18.1 Å². The smallest absolute Gasteiger partial charge is 0.113 e. The number of benzene rings is 2. The van der Waals surface area contributed by atoms with Gasteiger partial charge < -0.3 is 4.74 Å². The topological polar surface area (TPSA) is 39.9 Å². The van der Waals surface area contributed by atoms with E-state index in [9.17, 15) is 0 Å². The summed E-state index contributed by atoms with van der Waals surface area (Å²) in [5, 5.41) is 8.37. The molecule has 0 bridgehead atoms. The molecule has 0 N–H and O–H groups in total. The van der Waals surface area contributed by atoms with Crippen molar-refractivity contribution in [2.24, 2.45) is 0 Å². The van der Waals surface area contributed by atoms with Crippen molar-refractivity contribution in [3.8, 4) is 0 Å². The van der Waals surface area contributed by atoms with Crippen molar-refractivity contribution in [3.63, 3.8) is 0 Å². The first-order valence-corrected chi connectivity index (χ1v) is 6.74. The lowest BCUT2D eigenvalue weighted by Gasteiger charge is -2.15. The molecule has 0 saturated carbocycles. The molecule has 0 fully saturated rings. The third-order valence-corrected chi connectivity index (χ3v) is 3.48. The normalized spacial score (nSPS) is 12.7. The number of nitrogens with zero attached hydrogens (tertiary/aromatic N) is 3. The van der Waals surface area contributed by atoms with Crippen molar-refractivity contribution in [1.82, 2.24) is 15.0 Å². The molecule has 0 radical (unpaired) electrons. The Morgan fingerprint density at radius 1 is 1.05 bits per heavy atom. The van der Waals surface area contributed by atoms with Crippen LogP contribution in [0.15, 0.2) is 54.6 Å². The van der Waals surface area contributed by atoms with Gasteiger partial charge in [-0.2, -0.15) is 0 Å². The minimum atomic E-state index is 0.0826. The van der Waals surface area contributed by atoms with Crippen LogP contribution in [-0.4, -0.2) is 22.1 Å². The van der Waals surface area contributed by atoms with E-state index in [1.54, 1.807) is 7.11 Å². The van der Waals surface area contributed by atoms with E-state index in [1.807, 2.05) is 47.1 Å². The van der Waals surface area contributed by atoms with Crippen LogP contribution in [0.4, 0.5) is 0 Å². The van der Waals surface area contributed by atoms with Gasteiger partial charge >= 0.3 is 0 Å². The third-order valence-electron chi connectivity index (χ3n) is 3.48. The molecule has 0 aliphatic heterocycles. The van der Waals surface area contributed by atoms with Gasteiger partial charge in [-0.3, -0.25) is 0 Å². The molecular weight excluding hydrogens is 250 g/mol. The molecule has 102 valence electrons. The molecule has 3 aromatic rings. The Morgan fingerprint density at radius 2 is 1.80 bits per heavy atom. The van der Waals surface area contributed by atoms with E-state index in [2.05, 4.69) is 22.4 Å². The SMILES string of the molecule is COC(CCn1nnc2ccccc21)c1ccccc1. The standard InChI is InChI=1S/C16H17N3O/c1-20-16(13-7-3-2-4-8-13)11-12-19-15-10-6-5-9-14(15)17-18-19/h2-10,16H,11-12H2,1H3. The number of fused-ring (bicyclic) bond motifs is 1. The number of aryl methyl sites for hydroxylation is 1. The molecule has 3 rings (SSSR count). The van der Waals surface area contributed by atoms with Crippen molar-refractivity contribution in [3.05, 3.63) is 60.2 Å². The fourth-order valence-corrected chi connectivity index (χ4v) is 2.41. The van der Waals surface area contributed by atoms with E-state index in [1.165, 1.54) is 5.56 Å². The highest BCUT2D eigenvalue weighted by Gasteiger charge is 2.11. The molecule has 1 heterocycles. The summed E-state index contributed by atoms with van der Waals surface area (Å²) >= 11 is 0. The van der Waals surface area contributed by atoms with E-state index in [0.29, 0.717) is 0 Å². The molecule has 0 amide bonds. The van der Waals surface area contributed by atoms with Crippen LogP contribution < -0.4 is 0 Å².